The van der Waals surface area contributed by atoms with Gasteiger partial charge in [0.1, 0.15) is 11.3 Å². The first-order valence-electron chi connectivity index (χ1n) is 10.4. The number of halogens is 1. The van der Waals surface area contributed by atoms with Crippen molar-refractivity contribution in [3.05, 3.63) is 71.0 Å². The largest absolute Gasteiger partial charge is 0.459 e. The van der Waals surface area contributed by atoms with E-state index in [0.717, 1.165) is 52.3 Å². The van der Waals surface area contributed by atoms with Crippen molar-refractivity contribution in [2.75, 3.05) is 13.6 Å². The van der Waals surface area contributed by atoms with Crippen LogP contribution in [0.2, 0.25) is 0 Å². The van der Waals surface area contributed by atoms with Crippen LogP contribution in [-0.2, 0) is 24.4 Å². The van der Waals surface area contributed by atoms with E-state index in [9.17, 15) is 4.79 Å². The number of fused-ring (bicyclic) bond motifs is 1. The lowest BCUT2D eigenvalue weighted by Crippen LogP contribution is -2.36. The van der Waals surface area contributed by atoms with Crippen LogP contribution in [0.4, 0.5) is 0 Å². The summed E-state index contributed by atoms with van der Waals surface area (Å²) in [5.74, 6) is 1.88. The highest BCUT2D eigenvalue weighted by Crippen LogP contribution is 2.24. The topological polar surface area (TPSA) is 69.9 Å². The highest BCUT2D eigenvalue weighted by molar-refractivity contribution is 14.0. The molecule has 4 rings (SSSR count). The third kappa shape index (κ3) is 5.58. The summed E-state index contributed by atoms with van der Waals surface area (Å²) in [4.78, 5) is 18.1. The second-order valence-corrected chi connectivity index (χ2v) is 7.66. The van der Waals surface area contributed by atoms with Gasteiger partial charge in [-0.05, 0) is 30.5 Å². The number of rotatable bonds is 6. The van der Waals surface area contributed by atoms with Crippen molar-refractivity contribution in [3.63, 3.8) is 0 Å². The highest BCUT2D eigenvalue weighted by atomic mass is 127. The van der Waals surface area contributed by atoms with Crippen LogP contribution in [0.5, 0.6) is 0 Å². The quantitative estimate of drug-likeness (QED) is 0.282. The average Bonchev–Trinajstić information content (AvgIpc) is 3.31. The summed E-state index contributed by atoms with van der Waals surface area (Å²) in [6, 6.07) is 16.4. The summed E-state index contributed by atoms with van der Waals surface area (Å²) in [5, 5.41) is 7.83. The fraction of sp³-hybridized carbons (Fsp3) is 0.333. The van der Waals surface area contributed by atoms with Crippen molar-refractivity contribution in [3.8, 4) is 0 Å². The zero-order chi connectivity index (χ0) is 20.9. The summed E-state index contributed by atoms with van der Waals surface area (Å²) < 4.78 is 5.97. The zero-order valence-corrected chi connectivity index (χ0v) is 20.3. The number of nitrogens with one attached hydrogen (secondary N) is 2. The molecule has 7 heteroatoms. The number of para-hydroxylation sites is 1. The fourth-order valence-corrected chi connectivity index (χ4v) is 3.89. The molecule has 0 atom stereocenters. The van der Waals surface area contributed by atoms with Gasteiger partial charge in [-0.1, -0.05) is 42.5 Å². The van der Waals surface area contributed by atoms with Gasteiger partial charge in [0.25, 0.3) is 0 Å². The lowest BCUT2D eigenvalue weighted by molar-refractivity contribution is -0.128. The number of likely N-dealkylation sites (tertiary alicyclic amines) is 1. The van der Waals surface area contributed by atoms with Crippen LogP contribution in [0.1, 0.15) is 35.3 Å². The standard InChI is InChI=1S/C24H28N4O2.HI/c1-17-20-9-3-4-10-21(20)30-22(17)15-27-24(25-2)26-14-18-7-5-8-19(13-18)16-28-12-6-11-23(28)29;/h3-5,7-10,13H,6,11-12,14-16H2,1-2H3,(H2,25,26,27);1H. The third-order valence-electron chi connectivity index (χ3n) is 5.58. The van der Waals surface area contributed by atoms with Gasteiger partial charge in [-0.3, -0.25) is 9.79 Å². The molecule has 1 aromatic heterocycles. The third-order valence-corrected chi connectivity index (χ3v) is 5.58. The zero-order valence-electron chi connectivity index (χ0n) is 18.0. The van der Waals surface area contributed by atoms with Crippen molar-refractivity contribution in [1.82, 2.24) is 15.5 Å². The molecule has 2 aromatic carbocycles. The minimum Gasteiger partial charge on any atom is -0.459 e. The Bertz CT molecular complexity index is 1080. The number of hydrogen-bond donors (Lipinski definition) is 2. The first-order chi connectivity index (χ1) is 14.6. The molecular weight excluding hydrogens is 503 g/mol. The normalized spacial score (nSPS) is 14.1. The van der Waals surface area contributed by atoms with Gasteiger partial charge in [0.05, 0.1) is 6.54 Å². The van der Waals surface area contributed by atoms with Crippen molar-refractivity contribution in [2.24, 2.45) is 4.99 Å². The number of amides is 1. The molecule has 1 saturated heterocycles. The number of aryl methyl sites for hydroxylation is 1. The van der Waals surface area contributed by atoms with Crippen LogP contribution in [0.15, 0.2) is 57.9 Å². The molecule has 31 heavy (non-hydrogen) atoms. The number of nitrogens with zero attached hydrogens (tertiary/aromatic N) is 2. The average molecular weight is 532 g/mol. The maximum Gasteiger partial charge on any atom is 0.222 e. The molecule has 2 N–H and O–H groups in total. The van der Waals surface area contributed by atoms with Crippen LogP contribution in [0.25, 0.3) is 11.0 Å². The molecule has 3 aromatic rings. The van der Waals surface area contributed by atoms with E-state index in [-0.39, 0.29) is 29.9 Å². The molecule has 1 fully saturated rings. The molecule has 0 radical (unpaired) electrons. The van der Waals surface area contributed by atoms with Crippen LogP contribution < -0.4 is 10.6 Å². The Morgan fingerprint density at radius 1 is 1.10 bits per heavy atom. The molecule has 0 unspecified atom stereocenters. The van der Waals surface area contributed by atoms with Crippen molar-refractivity contribution in [1.29, 1.82) is 0 Å². The summed E-state index contributed by atoms with van der Waals surface area (Å²) in [7, 11) is 1.76. The van der Waals surface area contributed by atoms with E-state index in [4.69, 9.17) is 4.42 Å². The van der Waals surface area contributed by atoms with Crippen LogP contribution in [0.3, 0.4) is 0 Å². The van der Waals surface area contributed by atoms with Gasteiger partial charge in [-0.15, -0.1) is 24.0 Å². The van der Waals surface area contributed by atoms with E-state index in [1.54, 1.807) is 7.05 Å². The molecule has 6 nitrogen and oxygen atoms in total. The SMILES string of the molecule is CN=C(NCc1cccc(CN2CCCC2=O)c1)NCc1oc2ccccc2c1C.I. The number of furan rings is 1. The van der Waals surface area contributed by atoms with Gasteiger partial charge in [0.15, 0.2) is 5.96 Å². The van der Waals surface area contributed by atoms with Gasteiger partial charge in [0.2, 0.25) is 5.91 Å². The molecule has 1 amide bonds. The second kappa shape index (κ2) is 10.7. The Hall–Kier alpha value is -2.55. The van der Waals surface area contributed by atoms with E-state index in [1.165, 1.54) is 0 Å². The predicted octanol–water partition coefficient (Wildman–Crippen LogP) is 4.35. The number of hydrogen-bond acceptors (Lipinski definition) is 3. The van der Waals surface area contributed by atoms with Gasteiger partial charge in [0, 0.05) is 44.1 Å². The maximum absolute atomic E-state index is 11.9. The van der Waals surface area contributed by atoms with Crippen molar-refractivity contribution < 1.29 is 9.21 Å². The summed E-state index contributed by atoms with van der Waals surface area (Å²) in [6.45, 7) is 4.84. The van der Waals surface area contributed by atoms with Gasteiger partial charge < -0.3 is 20.0 Å². The van der Waals surface area contributed by atoms with Crippen molar-refractivity contribution in [2.45, 2.75) is 39.4 Å². The molecule has 0 saturated carbocycles. The van der Waals surface area contributed by atoms with E-state index in [2.05, 4.69) is 46.8 Å². The minimum atomic E-state index is 0. The lowest BCUT2D eigenvalue weighted by Gasteiger charge is -2.16. The van der Waals surface area contributed by atoms with Crippen LogP contribution >= 0.6 is 24.0 Å². The Morgan fingerprint density at radius 3 is 2.61 bits per heavy atom. The first-order valence-corrected chi connectivity index (χ1v) is 10.4. The van der Waals surface area contributed by atoms with Gasteiger partial charge >= 0.3 is 0 Å². The Morgan fingerprint density at radius 2 is 1.87 bits per heavy atom. The fourth-order valence-electron chi connectivity index (χ4n) is 3.89. The monoisotopic (exact) mass is 532 g/mol. The molecule has 1 aliphatic heterocycles. The van der Waals surface area contributed by atoms with E-state index in [1.807, 2.05) is 29.2 Å². The summed E-state index contributed by atoms with van der Waals surface area (Å²) in [5.41, 5.74) is 4.37. The summed E-state index contributed by atoms with van der Waals surface area (Å²) >= 11 is 0. The lowest BCUT2D eigenvalue weighted by atomic mass is 10.1. The molecule has 0 spiro atoms. The molecule has 0 aliphatic carbocycles. The van der Waals surface area contributed by atoms with E-state index >= 15 is 0 Å². The highest BCUT2D eigenvalue weighted by Gasteiger charge is 2.20. The smallest absolute Gasteiger partial charge is 0.222 e. The number of carbonyl (C=O) groups is 1. The molecule has 2 heterocycles. The van der Waals surface area contributed by atoms with Gasteiger partial charge in [-0.2, -0.15) is 0 Å². The number of carbonyl (C=O) groups excluding carboxylic acids is 1. The maximum atomic E-state index is 11.9. The van der Waals surface area contributed by atoms with Gasteiger partial charge in [-0.25, -0.2) is 0 Å². The molecular formula is C24H29IN4O2. The predicted molar refractivity (Wildman–Crippen MR) is 134 cm³/mol. The Balaban J connectivity index is 0.00000272. The number of aliphatic imine (C=N–C) groups is 1. The first kappa shape index (κ1) is 23.1. The van der Waals surface area contributed by atoms with Crippen LogP contribution in [-0.4, -0.2) is 30.4 Å². The Labute approximate surface area is 200 Å². The number of benzene rings is 2. The van der Waals surface area contributed by atoms with E-state index < -0.39 is 0 Å². The second-order valence-electron chi connectivity index (χ2n) is 7.66. The van der Waals surface area contributed by atoms with Crippen LogP contribution in [0, 0.1) is 6.92 Å². The molecule has 0 bridgehead atoms. The van der Waals surface area contributed by atoms with Crippen molar-refractivity contribution >= 4 is 46.8 Å². The molecule has 1 aliphatic rings. The summed E-state index contributed by atoms with van der Waals surface area (Å²) in [6.07, 6.45) is 1.64. The van der Waals surface area contributed by atoms with E-state index in [0.29, 0.717) is 26.1 Å². The minimum absolute atomic E-state index is 0. The Kier molecular flexibility index (Phi) is 7.95. The number of guanidine groups is 1. The molecule has 164 valence electrons.